The fourth-order valence-electron chi connectivity index (χ4n) is 4.57. The van der Waals surface area contributed by atoms with Crippen molar-refractivity contribution in [1.82, 2.24) is 24.2 Å². The highest BCUT2D eigenvalue weighted by molar-refractivity contribution is 7.88. The van der Waals surface area contributed by atoms with E-state index in [0.29, 0.717) is 44.5 Å². The third-order valence-electron chi connectivity index (χ3n) is 6.22. The molecule has 5 rings (SSSR count). The molecule has 12 heteroatoms. The summed E-state index contributed by atoms with van der Waals surface area (Å²) in [7, 11) is -3.18. The Morgan fingerprint density at radius 1 is 1.18 bits per heavy atom. The molecule has 0 amide bonds. The summed E-state index contributed by atoms with van der Waals surface area (Å²) < 4.78 is 32.2. The number of fused-ring (bicyclic) bond motifs is 1. The van der Waals surface area contributed by atoms with Crippen LogP contribution in [0, 0.1) is 0 Å². The Bertz CT molecular complexity index is 1270. The first kappa shape index (κ1) is 23.4. The average Bonchev–Trinajstić information content (AvgIpc) is 3.21. The van der Waals surface area contributed by atoms with Crippen LogP contribution >= 0.6 is 11.3 Å². The van der Waals surface area contributed by atoms with Crippen molar-refractivity contribution < 1.29 is 13.2 Å². The molecule has 1 atom stereocenters. The lowest BCUT2D eigenvalue weighted by atomic mass is 10.2. The lowest BCUT2D eigenvalue weighted by molar-refractivity contribution is 0.122. The first-order valence-electron chi connectivity index (χ1n) is 11.3. The van der Waals surface area contributed by atoms with Gasteiger partial charge in [0, 0.05) is 61.9 Å². The van der Waals surface area contributed by atoms with E-state index < -0.39 is 10.0 Å². The Kier molecular flexibility index (Phi) is 6.42. The topological polar surface area (TPSA) is 118 Å². The minimum Gasteiger partial charge on any atom is -0.384 e. The van der Waals surface area contributed by atoms with E-state index >= 15 is 0 Å². The molecule has 3 aromatic rings. The van der Waals surface area contributed by atoms with E-state index in [4.69, 9.17) is 20.4 Å². The molecule has 2 N–H and O–H groups in total. The molecule has 0 saturated carbocycles. The number of sulfonamides is 1. The van der Waals surface area contributed by atoms with Gasteiger partial charge < -0.3 is 15.4 Å². The van der Waals surface area contributed by atoms with E-state index in [0.717, 1.165) is 41.2 Å². The number of thiophene rings is 1. The number of ether oxygens (including phenoxy) is 1. The Morgan fingerprint density at radius 3 is 2.65 bits per heavy atom. The second kappa shape index (κ2) is 9.34. The monoisotopic (exact) mass is 503 g/mol. The van der Waals surface area contributed by atoms with Gasteiger partial charge in [0.25, 0.3) is 0 Å². The van der Waals surface area contributed by atoms with Crippen molar-refractivity contribution in [3.63, 3.8) is 0 Å². The average molecular weight is 504 g/mol. The smallest absolute Gasteiger partial charge is 0.211 e. The number of piperazine rings is 1. The van der Waals surface area contributed by atoms with Gasteiger partial charge in [-0.3, -0.25) is 4.90 Å². The second-order valence-electron chi connectivity index (χ2n) is 8.83. The summed E-state index contributed by atoms with van der Waals surface area (Å²) >= 11 is 1.71. The lowest BCUT2D eigenvalue weighted by Crippen LogP contribution is -2.53. The number of anilines is 2. The molecular formula is C22H29N7O3S2. The molecule has 0 radical (unpaired) electrons. The molecule has 2 aliphatic heterocycles. The van der Waals surface area contributed by atoms with Crippen LogP contribution in [0.3, 0.4) is 0 Å². The molecular weight excluding hydrogens is 474 g/mol. The van der Waals surface area contributed by atoms with Crippen LogP contribution in [-0.4, -0.2) is 90.8 Å². The predicted molar refractivity (Wildman–Crippen MR) is 134 cm³/mol. The zero-order valence-electron chi connectivity index (χ0n) is 19.3. The molecule has 3 aromatic heterocycles. The van der Waals surface area contributed by atoms with Gasteiger partial charge >= 0.3 is 0 Å². The number of aromatic nitrogens is 3. The quantitative estimate of drug-likeness (QED) is 0.554. The van der Waals surface area contributed by atoms with E-state index in [9.17, 15) is 8.42 Å². The second-order valence-corrected chi connectivity index (χ2v) is 11.9. The van der Waals surface area contributed by atoms with Crippen LogP contribution in [0.25, 0.3) is 21.6 Å². The number of hydrogen-bond acceptors (Lipinski definition) is 10. The Hall–Kier alpha value is -2.38. The van der Waals surface area contributed by atoms with Gasteiger partial charge in [-0.05, 0) is 25.1 Å². The van der Waals surface area contributed by atoms with Crippen LogP contribution in [-0.2, 0) is 21.3 Å². The standard InChI is InChI=1S/C22H29N7O3S2/c1-15-13-27(5-6-29(15)34(2,30)31)14-17-11-18-20(33-17)22(28-7-9-32-10-8-28)26-21(25-18)16-3-4-19(23)24-12-16/h3-4,11-12,15H,5-10,13-14H2,1-2H3,(H2,23,24)/t15-/m0/s1. The van der Waals surface area contributed by atoms with Crippen LogP contribution in [0.2, 0.25) is 0 Å². The van der Waals surface area contributed by atoms with Gasteiger partial charge in [0.2, 0.25) is 10.0 Å². The minimum absolute atomic E-state index is 0.0496. The number of nitrogen functional groups attached to an aromatic ring is 1. The van der Waals surface area contributed by atoms with Gasteiger partial charge in [0.15, 0.2) is 11.6 Å². The van der Waals surface area contributed by atoms with E-state index in [1.54, 1.807) is 27.9 Å². The highest BCUT2D eigenvalue weighted by Crippen LogP contribution is 2.35. The van der Waals surface area contributed by atoms with E-state index in [2.05, 4.69) is 20.9 Å². The summed E-state index contributed by atoms with van der Waals surface area (Å²) in [5.74, 6) is 2.01. The molecule has 0 unspecified atom stereocenters. The number of nitrogens with two attached hydrogens (primary N) is 1. The Morgan fingerprint density at radius 2 is 1.97 bits per heavy atom. The molecule has 0 aliphatic carbocycles. The highest BCUT2D eigenvalue weighted by atomic mass is 32.2. The zero-order valence-corrected chi connectivity index (χ0v) is 21.0. The van der Waals surface area contributed by atoms with E-state index in [1.165, 1.54) is 11.1 Å². The van der Waals surface area contributed by atoms with Gasteiger partial charge in [-0.2, -0.15) is 4.31 Å². The first-order chi connectivity index (χ1) is 16.3. The number of hydrogen-bond donors (Lipinski definition) is 1. The third-order valence-corrected chi connectivity index (χ3v) is 8.72. The highest BCUT2D eigenvalue weighted by Gasteiger charge is 2.30. The lowest BCUT2D eigenvalue weighted by Gasteiger charge is -2.38. The number of morpholine rings is 1. The maximum Gasteiger partial charge on any atom is 0.211 e. The first-order valence-corrected chi connectivity index (χ1v) is 14.0. The fraction of sp³-hybridized carbons (Fsp3) is 0.500. The van der Waals surface area contributed by atoms with Gasteiger partial charge in [-0.1, -0.05) is 0 Å². The molecule has 0 aromatic carbocycles. The molecule has 2 fully saturated rings. The minimum atomic E-state index is -3.18. The molecule has 182 valence electrons. The van der Waals surface area contributed by atoms with Crippen LogP contribution in [0.5, 0.6) is 0 Å². The van der Waals surface area contributed by atoms with Gasteiger partial charge in [0.1, 0.15) is 5.82 Å². The SMILES string of the molecule is C[C@H]1CN(Cc2cc3nc(-c4ccc(N)nc4)nc(N4CCOCC4)c3s2)CCN1S(C)(=O)=O. The van der Waals surface area contributed by atoms with Crippen molar-refractivity contribution in [2.75, 3.05) is 62.8 Å². The Balaban J connectivity index is 1.46. The number of pyridine rings is 1. The summed E-state index contributed by atoms with van der Waals surface area (Å²) in [6.07, 6.45) is 2.99. The largest absolute Gasteiger partial charge is 0.384 e. The van der Waals surface area contributed by atoms with Crippen LogP contribution < -0.4 is 10.6 Å². The van der Waals surface area contributed by atoms with Crippen molar-refractivity contribution >= 4 is 43.2 Å². The van der Waals surface area contributed by atoms with E-state index in [1.807, 2.05) is 13.0 Å². The van der Waals surface area contributed by atoms with Crippen molar-refractivity contribution in [2.24, 2.45) is 0 Å². The molecule has 34 heavy (non-hydrogen) atoms. The maximum absolute atomic E-state index is 12.0. The van der Waals surface area contributed by atoms with E-state index in [-0.39, 0.29) is 6.04 Å². The zero-order chi connectivity index (χ0) is 23.9. The summed E-state index contributed by atoms with van der Waals surface area (Å²) in [5.41, 5.74) is 7.49. The molecule has 10 nitrogen and oxygen atoms in total. The molecule has 5 heterocycles. The van der Waals surface area contributed by atoms with Gasteiger partial charge in [-0.25, -0.2) is 23.4 Å². The summed E-state index contributed by atoms with van der Waals surface area (Å²) in [6, 6.07) is 5.73. The number of rotatable bonds is 5. The fourth-order valence-corrected chi connectivity index (χ4v) is 6.86. The third kappa shape index (κ3) is 4.86. The normalized spacial score (nSPS) is 20.8. The molecule has 2 saturated heterocycles. The van der Waals surface area contributed by atoms with Crippen LogP contribution in [0.1, 0.15) is 11.8 Å². The maximum atomic E-state index is 12.0. The predicted octanol–water partition coefficient (Wildman–Crippen LogP) is 1.64. The van der Waals surface area contributed by atoms with Crippen molar-refractivity contribution in [3.8, 4) is 11.4 Å². The van der Waals surface area contributed by atoms with Crippen molar-refractivity contribution in [2.45, 2.75) is 19.5 Å². The van der Waals surface area contributed by atoms with Gasteiger partial charge in [-0.15, -0.1) is 11.3 Å². The molecule has 0 bridgehead atoms. The summed E-state index contributed by atoms with van der Waals surface area (Å²) in [6.45, 7) is 7.54. The van der Waals surface area contributed by atoms with Crippen LogP contribution in [0.15, 0.2) is 24.4 Å². The number of nitrogens with zero attached hydrogens (tertiary/aromatic N) is 6. The van der Waals surface area contributed by atoms with Gasteiger partial charge in [0.05, 0.1) is 29.7 Å². The molecule has 2 aliphatic rings. The van der Waals surface area contributed by atoms with Crippen LogP contribution in [0.4, 0.5) is 11.6 Å². The summed E-state index contributed by atoms with van der Waals surface area (Å²) in [4.78, 5) is 19.8. The Labute approximate surface area is 203 Å². The van der Waals surface area contributed by atoms with Crippen molar-refractivity contribution in [3.05, 3.63) is 29.3 Å². The summed E-state index contributed by atoms with van der Waals surface area (Å²) in [5, 5.41) is 0. The molecule has 0 spiro atoms. The van der Waals surface area contributed by atoms with Crippen molar-refractivity contribution in [1.29, 1.82) is 0 Å².